The van der Waals surface area contributed by atoms with Crippen molar-refractivity contribution in [3.63, 3.8) is 0 Å². The first-order valence-electron chi connectivity index (χ1n) is 10.6. The molecular formula is C25H29N5O2. The summed E-state index contributed by atoms with van der Waals surface area (Å²) in [5.74, 6) is 0.183. The van der Waals surface area contributed by atoms with E-state index < -0.39 is 0 Å². The molecule has 0 fully saturated rings. The van der Waals surface area contributed by atoms with Gasteiger partial charge in [-0.25, -0.2) is 0 Å². The Morgan fingerprint density at radius 1 is 0.969 bits per heavy atom. The summed E-state index contributed by atoms with van der Waals surface area (Å²) in [6.07, 6.45) is 3.50. The van der Waals surface area contributed by atoms with Crippen molar-refractivity contribution in [2.45, 2.75) is 0 Å². The molecule has 0 aliphatic heterocycles. The van der Waals surface area contributed by atoms with Gasteiger partial charge in [-0.1, -0.05) is 24.3 Å². The highest BCUT2D eigenvalue weighted by Crippen LogP contribution is 2.49. The Hall–Kier alpha value is -3.42. The Kier molecular flexibility index (Phi) is 6.12. The first-order valence-corrected chi connectivity index (χ1v) is 10.6. The summed E-state index contributed by atoms with van der Waals surface area (Å²) >= 11 is 0. The normalized spacial score (nSPS) is 12.2. The smallest absolute Gasteiger partial charge is 0.135 e. The molecule has 0 atom stereocenters. The minimum Gasteiger partial charge on any atom is -0.507 e. The van der Waals surface area contributed by atoms with E-state index in [1.54, 1.807) is 12.4 Å². The third-order valence-corrected chi connectivity index (χ3v) is 5.47. The summed E-state index contributed by atoms with van der Waals surface area (Å²) in [5.41, 5.74) is 1.88. The zero-order chi connectivity index (χ0) is 22.8. The Morgan fingerprint density at radius 2 is 1.72 bits per heavy atom. The maximum atomic E-state index is 11.4. The zero-order valence-electron chi connectivity index (χ0n) is 18.9. The van der Waals surface area contributed by atoms with Crippen molar-refractivity contribution in [2.75, 3.05) is 53.1 Å². The van der Waals surface area contributed by atoms with Crippen molar-refractivity contribution in [1.82, 2.24) is 14.8 Å². The Bertz CT molecular complexity index is 1310. The van der Waals surface area contributed by atoms with Crippen LogP contribution in [0.3, 0.4) is 0 Å². The fourth-order valence-corrected chi connectivity index (χ4v) is 3.87. The van der Waals surface area contributed by atoms with Crippen LogP contribution in [-0.4, -0.2) is 79.0 Å². The van der Waals surface area contributed by atoms with Gasteiger partial charge in [0.1, 0.15) is 22.7 Å². The molecule has 3 N–H and O–H groups in total. The van der Waals surface area contributed by atoms with Crippen LogP contribution >= 0.6 is 0 Å². The fraction of sp³-hybridized carbons (Fsp3) is 0.280. The molecule has 0 unspecified atom stereocenters. The van der Waals surface area contributed by atoms with Crippen LogP contribution in [0.25, 0.3) is 32.4 Å². The lowest BCUT2D eigenvalue weighted by atomic mass is 9.97. The van der Waals surface area contributed by atoms with E-state index in [-0.39, 0.29) is 11.5 Å². The van der Waals surface area contributed by atoms with Crippen LogP contribution in [0.15, 0.2) is 47.6 Å². The summed E-state index contributed by atoms with van der Waals surface area (Å²) in [4.78, 5) is 13.4. The molecule has 0 aliphatic rings. The van der Waals surface area contributed by atoms with Gasteiger partial charge < -0.3 is 25.3 Å². The highest BCUT2D eigenvalue weighted by atomic mass is 16.3. The second kappa shape index (κ2) is 8.98. The molecular weight excluding hydrogens is 402 g/mol. The summed E-state index contributed by atoms with van der Waals surface area (Å²) < 4.78 is 0. The van der Waals surface area contributed by atoms with Gasteiger partial charge in [-0.15, -0.1) is 0 Å². The second-order valence-electron chi connectivity index (χ2n) is 8.45. The fourth-order valence-electron chi connectivity index (χ4n) is 3.87. The van der Waals surface area contributed by atoms with E-state index in [0.29, 0.717) is 45.8 Å². The molecule has 1 aromatic heterocycles. The SMILES string of the molecule is CN(C)CC=Nc1c2nccc(NCCN(C)C)c2c(O)c2cc3ccccc3c(O)c12. The van der Waals surface area contributed by atoms with E-state index in [9.17, 15) is 10.2 Å². The van der Waals surface area contributed by atoms with Crippen molar-refractivity contribution in [3.8, 4) is 11.5 Å². The molecule has 32 heavy (non-hydrogen) atoms. The first kappa shape index (κ1) is 21.8. The number of benzene rings is 3. The van der Waals surface area contributed by atoms with Crippen molar-refractivity contribution >= 4 is 50.0 Å². The third kappa shape index (κ3) is 4.04. The molecule has 7 nitrogen and oxygen atoms in total. The number of aliphatic imine (C=N–C) groups is 1. The lowest BCUT2D eigenvalue weighted by molar-refractivity contribution is 0.425. The number of pyridine rings is 1. The Morgan fingerprint density at radius 3 is 2.47 bits per heavy atom. The molecule has 0 amide bonds. The number of likely N-dealkylation sites (N-methyl/N-ethyl adjacent to an activating group) is 1. The predicted octanol–water partition coefficient (Wildman–Crippen LogP) is 4.19. The second-order valence-corrected chi connectivity index (χ2v) is 8.45. The molecule has 0 bridgehead atoms. The third-order valence-electron chi connectivity index (χ3n) is 5.47. The van der Waals surface area contributed by atoms with Gasteiger partial charge in [-0.05, 0) is 45.7 Å². The first-order chi connectivity index (χ1) is 15.4. The number of fused-ring (bicyclic) bond motifs is 3. The van der Waals surface area contributed by atoms with Crippen LogP contribution in [0, 0.1) is 0 Å². The Labute approximate surface area is 187 Å². The monoisotopic (exact) mass is 431 g/mol. The number of phenolic OH excluding ortho intramolecular Hbond substituents is 2. The van der Waals surface area contributed by atoms with Crippen LogP contribution in [0.2, 0.25) is 0 Å². The molecule has 4 rings (SSSR count). The van der Waals surface area contributed by atoms with Gasteiger partial charge >= 0.3 is 0 Å². The van der Waals surface area contributed by atoms with E-state index in [0.717, 1.165) is 17.6 Å². The molecule has 0 saturated carbocycles. The van der Waals surface area contributed by atoms with Gasteiger partial charge in [0.15, 0.2) is 0 Å². The summed E-state index contributed by atoms with van der Waals surface area (Å²) in [6.45, 7) is 2.20. The minimum absolute atomic E-state index is 0.0862. The highest BCUT2D eigenvalue weighted by Gasteiger charge is 2.21. The number of phenols is 2. The maximum absolute atomic E-state index is 11.4. The maximum Gasteiger partial charge on any atom is 0.135 e. The van der Waals surface area contributed by atoms with Crippen LogP contribution in [0.4, 0.5) is 11.4 Å². The van der Waals surface area contributed by atoms with Gasteiger partial charge in [0, 0.05) is 48.5 Å². The van der Waals surface area contributed by atoms with Gasteiger partial charge in [-0.2, -0.15) is 0 Å². The van der Waals surface area contributed by atoms with Gasteiger partial charge in [0.05, 0.1) is 10.8 Å². The number of hydrogen-bond donors (Lipinski definition) is 3. The van der Waals surface area contributed by atoms with E-state index in [1.807, 2.05) is 69.5 Å². The molecule has 0 spiro atoms. The number of anilines is 1. The molecule has 7 heteroatoms. The molecule has 1 heterocycles. The Balaban J connectivity index is 2.05. The standard InChI is InChI=1S/C25H29N5O2/c1-29(2)13-11-26-19-9-10-27-23-21(19)25(32)18-15-16-7-5-6-8-17(16)24(31)20(18)22(23)28-12-14-30(3)4/h5-10,12,15,31-32H,11,13-14H2,1-4H3,(H,26,27). The number of aromatic nitrogens is 1. The van der Waals surface area contributed by atoms with E-state index in [1.165, 1.54) is 0 Å². The molecule has 4 aromatic rings. The lowest BCUT2D eigenvalue weighted by Crippen LogP contribution is -2.20. The van der Waals surface area contributed by atoms with Crippen molar-refractivity contribution in [1.29, 1.82) is 0 Å². The lowest BCUT2D eigenvalue weighted by Gasteiger charge is -2.17. The minimum atomic E-state index is 0.0862. The summed E-state index contributed by atoms with van der Waals surface area (Å²) in [7, 11) is 7.97. The summed E-state index contributed by atoms with van der Waals surface area (Å²) in [6, 6.07) is 11.4. The highest BCUT2D eigenvalue weighted by molar-refractivity contribution is 6.22. The average molecular weight is 432 g/mol. The van der Waals surface area contributed by atoms with Crippen molar-refractivity contribution in [3.05, 3.63) is 42.6 Å². The van der Waals surface area contributed by atoms with Crippen molar-refractivity contribution in [2.24, 2.45) is 4.99 Å². The molecule has 0 saturated heterocycles. The van der Waals surface area contributed by atoms with Gasteiger partial charge in [0.2, 0.25) is 0 Å². The predicted molar refractivity (Wildman–Crippen MR) is 134 cm³/mol. The molecule has 3 aromatic carbocycles. The number of nitrogens with one attached hydrogen (secondary N) is 1. The molecule has 166 valence electrons. The van der Waals surface area contributed by atoms with E-state index >= 15 is 0 Å². The van der Waals surface area contributed by atoms with Gasteiger partial charge in [-0.3, -0.25) is 9.98 Å². The van der Waals surface area contributed by atoms with Crippen LogP contribution in [0.5, 0.6) is 11.5 Å². The number of aromatic hydroxyl groups is 2. The summed E-state index contributed by atoms with van der Waals surface area (Å²) in [5, 5.41) is 29.2. The zero-order valence-corrected chi connectivity index (χ0v) is 18.9. The van der Waals surface area contributed by atoms with Crippen molar-refractivity contribution < 1.29 is 10.2 Å². The topological polar surface area (TPSA) is 84.2 Å². The largest absolute Gasteiger partial charge is 0.507 e. The van der Waals surface area contributed by atoms with Crippen LogP contribution in [-0.2, 0) is 0 Å². The number of nitrogens with zero attached hydrogens (tertiary/aromatic N) is 4. The molecule has 0 aliphatic carbocycles. The number of rotatable bonds is 7. The van der Waals surface area contributed by atoms with Gasteiger partial charge in [0.25, 0.3) is 0 Å². The van der Waals surface area contributed by atoms with E-state index in [4.69, 9.17) is 4.99 Å². The quantitative estimate of drug-likeness (QED) is 0.301. The van der Waals surface area contributed by atoms with Crippen LogP contribution in [0.1, 0.15) is 0 Å². The van der Waals surface area contributed by atoms with E-state index in [2.05, 4.69) is 15.2 Å². The van der Waals surface area contributed by atoms with Crippen LogP contribution < -0.4 is 5.32 Å². The number of hydrogen-bond acceptors (Lipinski definition) is 7. The average Bonchev–Trinajstić information content (AvgIpc) is 2.76. The molecule has 0 radical (unpaired) electrons.